The molecule has 0 aliphatic rings. The number of anilines is 1. The molecule has 3 aromatic rings. The minimum absolute atomic E-state index is 0.0349. The predicted octanol–water partition coefficient (Wildman–Crippen LogP) is 10.7. The van der Waals surface area contributed by atoms with Gasteiger partial charge in [-0.15, -0.1) is 0 Å². The van der Waals surface area contributed by atoms with Crippen molar-refractivity contribution in [1.29, 1.82) is 0 Å². The van der Waals surface area contributed by atoms with E-state index in [1.807, 2.05) is 44.2 Å². The van der Waals surface area contributed by atoms with Crippen LogP contribution in [0.4, 0.5) is 11.4 Å². The molecular weight excluding hydrogens is 584 g/mol. The van der Waals surface area contributed by atoms with E-state index in [2.05, 4.69) is 95.6 Å². The fourth-order valence-corrected chi connectivity index (χ4v) is 7.66. The van der Waals surface area contributed by atoms with Gasteiger partial charge in [0, 0.05) is 0 Å². The van der Waals surface area contributed by atoms with Crippen LogP contribution in [0.1, 0.15) is 126 Å². The SMILES string of the molecule is CC(=Nc1c(C(C)C)cccc1C(C)C)/C(C(=O)c1ccccc1)=C(/C)[N]([Ge][Cl])c1c(C(C)C)cccc1C(C)C. The Kier molecular flexibility index (Phi) is 11.6. The van der Waals surface area contributed by atoms with Crippen LogP contribution in [0.5, 0.6) is 0 Å². The van der Waals surface area contributed by atoms with Crippen LogP contribution in [0.3, 0.4) is 0 Å². The minimum atomic E-state index is -1.13. The van der Waals surface area contributed by atoms with E-state index in [9.17, 15) is 4.79 Å². The summed E-state index contributed by atoms with van der Waals surface area (Å²) < 4.78 is 2.24. The zero-order chi connectivity index (χ0) is 30.4. The van der Waals surface area contributed by atoms with Gasteiger partial charge in [0.25, 0.3) is 0 Å². The Bertz CT molecular complexity index is 1370. The second-order valence-electron chi connectivity index (χ2n) is 12.0. The first-order chi connectivity index (χ1) is 19.4. The molecule has 0 spiro atoms. The molecule has 0 saturated heterocycles. The van der Waals surface area contributed by atoms with Gasteiger partial charge in [0.2, 0.25) is 0 Å². The molecule has 216 valence electrons. The number of Topliss-reactive ketones (excluding diaryl/α,β-unsaturated/α-hetero) is 1. The Hall–Kier alpha value is -2.63. The van der Waals surface area contributed by atoms with Crippen LogP contribution in [0.15, 0.2) is 83.0 Å². The van der Waals surface area contributed by atoms with E-state index in [4.69, 9.17) is 15.0 Å². The predicted molar refractivity (Wildman–Crippen MR) is 180 cm³/mol. The molecule has 41 heavy (non-hydrogen) atoms. The number of halogens is 1. The second kappa shape index (κ2) is 14.5. The fraction of sp³-hybridized carbons (Fsp3) is 0.389. The molecule has 0 unspecified atom stereocenters. The molecule has 0 aromatic heterocycles. The molecular formula is C36H45ClGeN2O. The summed E-state index contributed by atoms with van der Waals surface area (Å²) in [5.74, 6) is 1.19. The molecule has 0 amide bonds. The van der Waals surface area contributed by atoms with E-state index in [0.29, 0.717) is 40.5 Å². The standard InChI is InChI=1S/C36H45ClGeN2O/c1-22(2)29-18-14-19-30(23(3)4)34(29)39-26(9)33(36(41)28-16-12-11-13-17-28)27(10)40(38-37)35-31(24(5)6)20-15-21-32(35)25(7)8/h11-25H,1-10H3/b33-27+,39-26?. The quantitative estimate of drug-likeness (QED) is 0.0915. The average molecular weight is 630 g/mol. The number of hydrogen-bond acceptors (Lipinski definition) is 3. The number of benzene rings is 3. The summed E-state index contributed by atoms with van der Waals surface area (Å²) in [6.45, 7) is 21.7. The molecule has 3 aromatic carbocycles. The normalized spacial score (nSPS) is 12.9. The molecule has 0 aliphatic heterocycles. The van der Waals surface area contributed by atoms with Crippen molar-refractivity contribution in [2.75, 3.05) is 3.86 Å². The van der Waals surface area contributed by atoms with E-state index in [1.165, 1.54) is 22.3 Å². The van der Waals surface area contributed by atoms with Gasteiger partial charge in [-0.2, -0.15) is 0 Å². The summed E-state index contributed by atoms with van der Waals surface area (Å²) in [5, 5.41) is 0. The zero-order valence-corrected chi connectivity index (χ0v) is 29.2. The number of rotatable bonds is 11. The zero-order valence-electron chi connectivity index (χ0n) is 26.3. The van der Waals surface area contributed by atoms with Crippen LogP contribution >= 0.6 is 10.0 Å². The fourth-order valence-electron chi connectivity index (χ4n) is 5.34. The van der Waals surface area contributed by atoms with Gasteiger partial charge in [0.15, 0.2) is 0 Å². The van der Waals surface area contributed by atoms with E-state index in [0.717, 1.165) is 17.1 Å². The summed E-state index contributed by atoms with van der Waals surface area (Å²) in [6.07, 6.45) is 0. The van der Waals surface area contributed by atoms with Crippen LogP contribution in [0.2, 0.25) is 0 Å². The number of allylic oxidation sites excluding steroid dienone is 2. The molecule has 0 atom stereocenters. The Morgan fingerprint density at radius 1 is 0.683 bits per heavy atom. The van der Waals surface area contributed by atoms with Gasteiger partial charge in [-0.25, -0.2) is 0 Å². The van der Waals surface area contributed by atoms with Crippen molar-refractivity contribution >= 4 is 47.6 Å². The molecule has 0 fully saturated rings. The molecule has 0 N–H and O–H groups in total. The maximum absolute atomic E-state index is 14.4. The summed E-state index contributed by atoms with van der Waals surface area (Å²) in [5.41, 5.74) is 9.81. The van der Waals surface area contributed by atoms with Gasteiger partial charge >= 0.3 is 260 Å². The number of carbonyl (C=O) groups excluding carboxylic acids is 1. The number of aliphatic imine (C=N–C) groups is 1. The topological polar surface area (TPSA) is 32.7 Å². The average Bonchev–Trinajstić information content (AvgIpc) is 2.93. The number of ketones is 1. The maximum atomic E-state index is 14.4. The van der Waals surface area contributed by atoms with Crippen molar-refractivity contribution in [3.05, 3.63) is 106 Å². The van der Waals surface area contributed by atoms with Gasteiger partial charge in [-0.1, -0.05) is 0 Å². The molecule has 2 radical (unpaired) electrons. The molecule has 3 nitrogen and oxygen atoms in total. The Balaban J connectivity index is 2.40. The molecule has 3 rings (SSSR count). The van der Waals surface area contributed by atoms with Crippen molar-refractivity contribution in [1.82, 2.24) is 0 Å². The van der Waals surface area contributed by atoms with Crippen molar-refractivity contribution < 1.29 is 4.79 Å². The molecule has 0 aliphatic carbocycles. The van der Waals surface area contributed by atoms with E-state index >= 15 is 0 Å². The Morgan fingerprint density at radius 3 is 1.54 bits per heavy atom. The van der Waals surface area contributed by atoms with Crippen LogP contribution < -0.4 is 3.86 Å². The van der Waals surface area contributed by atoms with Crippen LogP contribution in [-0.4, -0.2) is 26.2 Å². The number of hydrogen-bond donors (Lipinski definition) is 0. The molecule has 0 heterocycles. The van der Waals surface area contributed by atoms with Gasteiger partial charge in [-0.05, 0) is 0 Å². The van der Waals surface area contributed by atoms with Crippen molar-refractivity contribution in [2.45, 2.75) is 92.9 Å². The van der Waals surface area contributed by atoms with E-state index in [1.54, 1.807) is 0 Å². The first kappa shape index (κ1) is 32.9. The van der Waals surface area contributed by atoms with Crippen LogP contribution in [0.25, 0.3) is 0 Å². The van der Waals surface area contributed by atoms with Gasteiger partial charge in [-0.3, -0.25) is 0 Å². The summed E-state index contributed by atoms with van der Waals surface area (Å²) in [4.78, 5) is 19.6. The monoisotopic (exact) mass is 630 g/mol. The summed E-state index contributed by atoms with van der Waals surface area (Å²) in [7, 11) is 6.91. The summed E-state index contributed by atoms with van der Waals surface area (Å²) in [6, 6.07) is 22.5. The van der Waals surface area contributed by atoms with E-state index in [-0.39, 0.29) is 5.78 Å². The third-order valence-corrected chi connectivity index (χ3v) is 10.0. The Labute approximate surface area is 259 Å². The second-order valence-corrected chi connectivity index (χ2v) is 14.1. The number of para-hydroxylation sites is 2. The number of nitrogens with zero attached hydrogens (tertiary/aromatic N) is 2. The first-order valence-electron chi connectivity index (χ1n) is 14.7. The van der Waals surface area contributed by atoms with Gasteiger partial charge in [0.1, 0.15) is 0 Å². The van der Waals surface area contributed by atoms with Crippen LogP contribution in [-0.2, 0) is 0 Å². The van der Waals surface area contributed by atoms with Crippen molar-refractivity contribution in [3.63, 3.8) is 0 Å². The first-order valence-corrected chi connectivity index (χ1v) is 18.4. The van der Waals surface area contributed by atoms with Gasteiger partial charge < -0.3 is 0 Å². The van der Waals surface area contributed by atoms with Crippen molar-refractivity contribution in [2.24, 2.45) is 4.99 Å². The van der Waals surface area contributed by atoms with Crippen LogP contribution in [0, 0.1) is 0 Å². The molecule has 0 saturated carbocycles. The molecule has 5 heteroatoms. The van der Waals surface area contributed by atoms with Crippen molar-refractivity contribution in [3.8, 4) is 0 Å². The Morgan fingerprint density at radius 2 is 1.12 bits per heavy atom. The van der Waals surface area contributed by atoms with E-state index < -0.39 is 14.7 Å². The number of carbonyl (C=O) groups is 1. The summed E-state index contributed by atoms with van der Waals surface area (Å²) >= 11 is -1.13. The third kappa shape index (κ3) is 7.42. The van der Waals surface area contributed by atoms with Gasteiger partial charge in [0.05, 0.1) is 0 Å². The molecule has 0 bridgehead atoms. The third-order valence-electron chi connectivity index (χ3n) is 7.59.